The Balaban J connectivity index is 2.02. The molecule has 1 saturated heterocycles. The second kappa shape index (κ2) is 3.77. The predicted octanol–water partition coefficient (Wildman–Crippen LogP) is 0.405. The molecule has 0 aromatic carbocycles. The lowest BCUT2D eigenvalue weighted by Crippen LogP contribution is -2.39. The lowest BCUT2D eigenvalue weighted by Gasteiger charge is -2.29. The van der Waals surface area contributed by atoms with E-state index in [4.69, 9.17) is 9.84 Å². The summed E-state index contributed by atoms with van der Waals surface area (Å²) in [5.41, 5.74) is -0.625. The van der Waals surface area contributed by atoms with E-state index in [1.807, 2.05) is 0 Å². The maximum atomic E-state index is 11.4. The molecule has 1 saturated carbocycles. The van der Waals surface area contributed by atoms with E-state index < -0.39 is 17.7 Å². The van der Waals surface area contributed by atoms with E-state index in [-0.39, 0.29) is 18.9 Å². The van der Waals surface area contributed by atoms with Gasteiger partial charge >= 0.3 is 12.1 Å². The molecule has 0 unspecified atom stereocenters. The van der Waals surface area contributed by atoms with E-state index in [2.05, 4.69) is 0 Å². The van der Waals surface area contributed by atoms with Crippen LogP contribution < -0.4 is 0 Å². The summed E-state index contributed by atoms with van der Waals surface area (Å²) in [5.74, 6) is -0.876. The van der Waals surface area contributed by atoms with E-state index in [1.165, 1.54) is 4.90 Å². The van der Waals surface area contributed by atoms with Crippen molar-refractivity contribution in [2.24, 2.45) is 0 Å². The van der Waals surface area contributed by atoms with Gasteiger partial charge in [0.25, 0.3) is 0 Å². The van der Waals surface area contributed by atoms with Crippen LogP contribution in [0.15, 0.2) is 0 Å². The minimum atomic E-state index is -1.05. The molecule has 6 nitrogen and oxygen atoms in total. The average Bonchev–Trinajstić information content (AvgIpc) is 2.49. The first-order valence-corrected chi connectivity index (χ1v) is 5.22. The van der Waals surface area contributed by atoms with Crippen molar-refractivity contribution in [1.82, 2.24) is 4.90 Å². The van der Waals surface area contributed by atoms with E-state index >= 15 is 0 Å². The Labute approximate surface area is 92.2 Å². The molecule has 1 spiro atoms. The summed E-state index contributed by atoms with van der Waals surface area (Å²) in [7, 11) is 0. The number of nitrogens with zero attached hydrogens (tertiary/aromatic N) is 1. The number of Topliss-reactive ketones (excluding diaryl/α,β-unsaturated/α-hetero) is 1. The molecule has 1 N–H and O–H groups in total. The van der Waals surface area contributed by atoms with Gasteiger partial charge in [-0.05, 0) is 12.8 Å². The van der Waals surface area contributed by atoms with Crippen molar-refractivity contribution in [3.63, 3.8) is 0 Å². The number of ketones is 1. The molecule has 0 atom stereocenters. The van der Waals surface area contributed by atoms with Gasteiger partial charge in [0.2, 0.25) is 0 Å². The molecule has 0 radical (unpaired) electrons. The number of rotatable bonds is 2. The van der Waals surface area contributed by atoms with Crippen LogP contribution in [0.4, 0.5) is 4.79 Å². The number of hydrogen-bond donors (Lipinski definition) is 1. The van der Waals surface area contributed by atoms with Crippen molar-refractivity contribution in [3.8, 4) is 0 Å². The minimum absolute atomic E-state index is 0.179. The van der Waals surface area contributed by atoms with Crippen molar-refractivity contribution in [2.75, 3.05) is 13.1 Å². The molecule has 0 bridgehead atoms. The third kappa shape index (κ3) is 2.00. The molecular weight excluding hydrogens is 214 g/mol. The molecule has 1 amide bonds. The summed E-state index contributed by atoms with van der Waals surface area (Å²) in [5, 5.41) is 8.62. The zero-order chi connectivity index (χ0) is 11.8. The van der Waals surface area contributed by atoms with Gasteiger partial charge in [-0.3, -0.25) is 14.5 Å². The van der Waals surface area contributed by atoms with E-state index in [0.29, 0.717) is 25.7 Å². The van der Waals surface area contributed by atoms with Gasteiger partial charge in [-0.2, -0.15) is 0 Å². The summed E-state index contributed by atoms with van der Waals surface area (Å²) in [4.78, 5) is 34.2. The van der Waals surface area contributed by atoms with Crippen molar-refractivity contribution in [2.45, 2.75) is 31.3 Å². The fraction of sp³-hybridized carbons (Fsp3) is 0.700. The highest BCUT2D eigenvalue weighted by molar-refractivity contribution is 5.81. The highest BCUT2D eigenvalue weighted by Gasteiger charge is 2.47. The molecule has 2 rings (SSSR count). The minimum Gasteiger partial charge on any atom is -0.480 e. The van der Waals surface area contributed by atoms with Crippen LogP contribution in [0.3, 0.4) is 0 Å². The third-order valence-corrected chi connectivity index (χ3v) is 3.09. The van der Waals surface area contributed by atoms with Crippen LogP contribution in [-0.2, 0) is 14.3 Å². The summed E-state index contributed by atoms with van der Waals surface area (Å²) < 4.78 is 5.22. The Hall–Kier alpha value is -1.59. The van der Waals surface area contributed by atoms with Crippen molar-refractivity contribution in [3.05, 3.63) is 0 Å². The Morgan fingerprint density at radius 3 is 2.56 bits per heavy atom. The molecule has 16 heavy (non-hydrogen) atoms. The summed E-state index contributed by atoms with van der Waals surface area (Å²) in [6.45, 7) is -0.0556. The van der Waals surface area contributed by atoms with E-state index in [9.17, 15) is 14.4 Å². The van der Waals surface area contributed by atoms with Crippen LogP contribution >= 0.6 is 0 Å². The molecule has 88 valence electrons. The first kappa shape index (κ1) is 10.9. The number of ether oxygens (including phenoxy) is 1. The molecule has 6 heteroatoms. The Morgan fingerprint density at radius 1 is 1.38 bits per heavy atom. The van der Waals surface area contributed by atoms with Gasteiger partial charge in [0.05, 0.1) is 6.54 Å². The molecule has 1 aliphatic heterocycles. The van der Waals surface area contributed by atoms with Crippen LogP contribution in [-0.4, -0.2) is 46.5 Å². The Morgan fingerprint density at radius 2 is 2.00 bits per heavy atom. The predicted molar refractivity (Wildman–Crippen MR) is 51.9 cm³/mol. The zero-order valence-corrected chi connectivity index (χ0v) is 8.77. The van der Waals surface area contributed by atoms with Gasteiger partial charge in [-0.15, -0.1) is 0 Å². The smallest absolute Gasteiger partial charge is 0.411 e. The maximum Gasteiger partial charge on any atom is 0.411 e. The third-order valence-electron chi connectivity index (χ3n) is 3.09. The normalized spacial score (nSPS) is 23.6. The quantitative estimate of drug-likeness (QED) is 0.738. The summed E-state index contributed by atoms with van der Waals surface area (Å²) in [6.07, 6.45) is 1.25. The zero-order valence-electron chi connectivity index (χ0n) is 8.77. The monoisotopic (exact) mass is 227 g/mol. The lowest BCUT2D eigenvalue weighted by atomic mass is 9.84. The fourth-order valence-corrected chi connectivity index (χ4v) is 2.22. The topological polar surface area (TPSA) is 83.9 Å². The SMILES string of the molecule is O=C(O)CN1CC2(CCC(=O)CC2)OC1=O. The first-order chi connectivity index (χ1) is 7.51. The van der Waals surface area contributed by atoms with Crippen LogP contribution in [0.25, 0.3) is 0 Å². The summed E-state index contributed by atoms with van der Waals surface area (Å²) in [6, 6.07) is 0. The van der Waals surface area contributed by atoms with E-state index in [1.54, 1.807) is 0 Å². The lowest BCUT2D eigenvalue weighted by molar-refractivity contribution is -0.137. The number of carbonyl (C=O) groups is 3. The van der Waals surface area contributed by atoms with Crippen LogP contribution in [0.2, 0.25) is 0 Å². The van der Waals surface area contributed by atoms with Gasteiger partial charge in [0.15, 0.2) is 0 Å². The average molecular weight is 227 g/mol. The van der Waals surface area contributed by atoms with Crippen LogP contribution in [0.5, 0.6) is 0 Å². The van der Waals surface area contributed by atoms with Gasteiger partial charge in [-0.25, -0.2) is 4.79 Å². The molecule has 2 fully saturated rings. The summed E-state index contributed by atoms with van der Waals surface area (Å²) >= 11 is 0. The number of aliphatic carboxylic acids is 1. The highest BCUT2D eigenvalue weighted by atomic mass is 16.6. The van der Waals surface area contributed by atoms with Crippen LogP contribution in [0.1, 0.15) is 25.7 Å². The number of carboxylic acids is 1. The molecule has 1 aliphatic carbocycles. The second-order valence-corrected chi connectivity index (χ2v) is 4.34. The second-order valence-electron chi connectivity index (χ2n) is 4.34. The first-order valence-electron chi connectivity index (χ1n) is 5.22. The number of carboxylic acid groups (broad SMARTS) is 1. The van der Waals surface area contributed by atoms with Gasteiger partial charge in [0, 0.05) is 12.8 Å². The fourth-order valence-electron chi connectivity index (χ4n) is 2.22. The van der Waals surface area contributed by atoms with Crippen LogP contribution in [0, 0.1) is 0 Å². The standard InChI is InChI=1S/C10H13NO5/c12-7-1-3-10(4-2-7)6-11(5-8(13)14)9(15)16-10/h1-6H2,(H,13,14). The number of amides is 1. The molecule has 0 aromatic rings. The van der Waals surface area contributed by atoms with Gasteiger partial charge < -0.3 is 9.84 Å². The van der Waals surface area contributed by atoms with Gasteiger partial charge in [0.1, 0.15) is 17.9 Å². The molecule has 1 heterocycles. The number of hydrogen-bond acceptors (Lipinski definition) is 4. The Bertz CT molecular complexity index is 341. The Kier molecular flexibility index (Phi) is 2.57. The van der Waals surface area contributed by atoms with Crippen molar-refractivity contribution < 1.29 is 24.2 Å². The molecule has 2 aliphatic rings. The van der Waals surface area contributed by atoms with Gasteiger partial charge in [-0.1, -0.05) is 0 Å². The largest absolute Gasteiger partial charge is 0.480 e. The van der Waals surface area contributed by atoms with Crippen molar-refractivity contribution >= 4 is 17.8 Å². The number of carbonyl (C=O) groups excluding carboxylic acids is 2. The molecule has 0 aromatic heterocycles. The highest BCUT2D eigenvalue weighted by Crippen LogP contribution is 2.35. The molecular formula is C10H13NO5. The van der Waals surface area contributed by atoms with Crippen molar-refractivity contribution in [1.29, 1.82) is 0 Å². The maximum absolute atomic E-state index is 11.4. The van der Waals surface area contributed by atoms with E-state index in [0.717, 1.165) is 0 Å².